The van der Waals surface area contributed by atoms with E-state index in [0.717, 1.165) is 16.7 Å². The van der Waals surface area contributed by atoms with Crippen molar-refractivity contribution in [3.63, 3.8) is 0 Å². The molecule has 0 aliphatic carbocycles. The summed E-state index contributed by atoms with van der Waals surface area (Å²) in [4.78, 5) is 21.4. The molecule has 1 amide bonds. The van der Waals surface area contributed by atoms with Gasteiger partial charge >= 0.3 is 11.9 Å². The average Bonchev–Trinajstić information content (AvgIpc) is 2.52. The van der Waals surface area contributed by atoms with Crippen LogP contribution in [0.25, 0.3) is 0 Å². The number of carboxylic acid groups (broad SMARTS) is 1. The molecule has 0 saturated heterocycles. The van der Waals surface area contributed by atoms with Gasteiger partial charge in [-0.05, 0) is 29.8 Å². The van der Waals surface area contributed by atoms with Crippen LogP contribution in [0.15, 0.2) is 54.6 Å². The first-order chi connectivity index (χ1) is 10.1. The van der Waals surface area contributed by atoms with E-state index in [4.69, 9.17) is 5.11 Å². The van der Waals surface area contributed by atoms with Gasteiger partial charge in [0.2, 0.25) is 0 Å². The molecule has 0 fully saturated rings. The lowest BCUT2D eigenvalue weighted by Crippen LogP contribution is -2.30. The van der Waals surface area contributed by atoms with Crippen LogP contribution in [0.3, 0.4) is 0 Å². The second kappa shape index (κ2) is 6.92. The van der Waals surface area contributed by atoms with Crippen LogP contribution in [0.5, 0.6) is 0 Å². The minimum absolute atomic E-state index is 0.159. The number of amides is 1. The van der Waals surface area contributed by atoms with Crippen molar-refractivity contribution in [2.75, 3.05) is 0 Å². The highest BCUT2D eigenvalue weighted by molar-refractivity contribution is 6.31. The van der Waals surface area contributed by atoms with Crippen molar-refractivity contribution in [3.05, 3.63) is 71.3 Å². The van der Waals surface area contributed by atoms with Crippen LogP contribution in [0, 0.1) is 11.8 Å². The highest BCUT2D eigenvalue weighted by atomic mass is 16.4. The largest absolute Gasteiger partial charge is 0.474 e. The zero-order chi connectivity index (χ0) is 15.1. The monoisotopic (exact) mass is 279 g/mol. The SMILES string of the molecule is O=C(O)C(=O)NCc1cccc(C#Cc2ccccc2)c1. The molecule has 0 spiro atoms. The molecule has 104 valence electrons. The van der Waals surface area contributed by atoms with E-state index in [9.17, 15) is 9.59 Å². The number of aliphatic carboxylic acids is 1. The Morgan fingerprint density at radius 1 is 0.952 bits per heavy atom. The van der Waals surface area contributed by atoms with E-state index < -0.39 is 11.9 Å². The number of benzene rings is 2. The Kier molecular flexibility index (Phi) is 4.73. The van der Waals surface area contributed by atoms with E-state index in [2.05, 4.69) is 17.2 Å². The maximum atomic E-state index is 11.0. The number of hydrogen-bond acceptors (Lipinski definition) is 2. The lowest BCUT2D eigenvalue weighted by atomic mass is 10.1. The summed E-state index contributed by atoms with van der Waals surface area (Å²) >= 11 is 0. The van der Waals surface area contributed by atoms with E-state index >= 15 is 0 Å². The Balaban J connectivity index is 2.06. The standard InChI is InChI=1S/C17H13NO3/c19-16(17(20)21)18-12-15-8-4-7-14(11-15)10-9-13-5-2-1-3-6-13/h1-8,11H,12H2,(H,18,19)(H,20,21). The molecular weight excluding hydrogens is 266 g/mol. The summed E-state index contributed by atoms with van der Waals surface area (Å²) in [5, 5.41) is 10.8. The number of carboxylic acids is 1. The Morgan fingerprint density at radius 3 is 2.33 bits per heavy atom. The summed E-state index contributed by atoms with van der Waals surface area (Å²) in [5.41, 5.74) is 2.52. The van der Waals surface area contributed by atoms with Crippen molar-refractivity contribution >= 4 is 11.9 Å². The molecule has 0 unspecified atom stereocenters. The van der Waals surface area contributed by atoms with Crippen LogP contribution in [-0.4, -0.2) is 17.0 Å². The van der Waals surface area contributed by atoms with Gasteiger partial charge in [-0.1, -0.05) is 42.2 Å². The minimum Gasteiger partial charge on any atom is -0.474 e. The molecule has 0 saturated carbocycles. The Bertz CT molecular complexity index is 712. The van der Waals surface area contributed by atoms with Gasteiger partial charge in [0.15, 0.2) is 0 Å². The third kappa shape index (κ3) is 4.51. The molecule has 2 aromatic rings. The Hall–Kier alpha value is -3.06. The highest BCUT2D eigenvalue weighted by Crippen LogP contribution is 2.04. The maximum absolute atomic E-state index is 11.0. The number of hydrogen-bond donors (Lipinski definition) is 2. The molecule has 0 bridgehead atoms. The molecule has 2 N–H and O–H groups in total. The van der Waals surface area contributed by atoms with Crippen LogP contribution in [0.2, 0.25) is 0 Å². The molecule has 4 heteroatoms. The first-order valence-electron chi connectivity index (χ1n) is 6.32. The van der Waals surface area contributed by atoms with Crippen LogP contribution in [0.4, 0.5) is 0 Å². The van der Waals surface area contributed by atoms with Gasteiger partial charge in [0.25, 0.3) is 0 Å². The van der Waals surface area contributed by atoms with Crippen LogP contribution in [-0.2, 0) is 16.1 Å². The molecule has 0 aliphatic rings. The molecule has 4 nitrogen and oxygen atoms in total. The Labute approximate surface area is 122 Å². The fourth-order valence-electron chi connectivity index (χ4n) is 1.68. The molecule has 0 aliphatic heterocycles. The topological polar surface area (TPSA) is 66.4 Å². The number of carbonyl (C=O) groups excluding carboxylic acids is 1. The zero-order valence-corrected chi connectivity index (χ0v) is 11.2. The molecular formula is C17H13NO3. The van der Waals surface area contributed by atoms with Gasteiger partial charge in [-0.2, -0.15) is 0 Å². The van der Waals surface area contributed by atoms with E-state index in [-0.39, 0.29) is 6.54 Å². The maximum Gasteiger partial charge on any atom is 0.394 e. The van der Waals surface area contributed by atoms with E-state index in [1.165, 1.54) is 0 Å². The molecule has 21 heavy (non-hydrogen) atoms. The van der Waals surface area contributed by atoms with Gasteiger partial charge in [0.05, 0.1) is 0 Å². The minimum atomic E-state index is -1.49. The second-order valence-electron chi connectivity index (χ2n) is 4.30. The molecule has 0 radical (unpaired) electrons. The van der Waals surface area contributed by atoms with E-state index in [0.29, 0.717) is 0 Å². The fourth-order valence-corrected chi connectivity index (χ4v) is 1.68. The third-order valence-electron chi connectivity index (χ3n) is 2.70. The average molecular weight is 279 g/mol. The third-order valence-corrected chi connectivity index (χ3v) is 2.70. The summed E-state index contributed by atoms with van der Waals surface area (Å²) in [6.07, 6.45) is 0. The summed E-state index contributed by atoms with van der Waals surface area (Å²) in [5.74, 6) is 3.56. The van der Waals surface area contributed by atoms with Crippen LogP contribution >= 0.6 is 0 Å². The fraction of sp³-hybridized carbons (Fsp3) is 0.0588. The molecule has 0 heterocycles. The van der Waals surface area contributed by atoms with Gasteiger partial charge in [0, 0.05) is 17.7 Å². The summed E-state index contributed by atoms with van der Waals surface area (Å²) < 4.78 is 0. The van der Waals surface area contributed by atoms with Crippen LogP contribution in [0.1, 0.15) is 16.7 Å². The predicted molar refractivity (Wildman–Crippen MR) is 78.3 cm³/mol. The van der Waals surface area contributed by atoms with Gasteiger partial charge in [-0.3, -0.25) is 4.79 Å². The normalized spacial score (nSPS) is 9.33. The lowest BCUT2D eigenvalue weighted by Gasteiger charge is -2.02. The van der Waals surface area contributed by atoms with Crippen LogP contribution < -0.4 is 5.32 Å². The van der Waals surface area contributed by atoms with Crippen molar-refractivity contribution in [3.8, 4) is 11.8 Å². The molecule has 0 atom stereocenters. The quantitative estimate of drug-likeness (QED) is 0.650. The number of nitrogens with one attached hydrogen (secondary N) is 1. The summed E-state index contributed by atoms with van der Waals surface area (Å²) in [7, 11) is 0. The molecule has 2 aromatic carbocycles. The van der Waals surface area contributed by atoms with Gasteiger partial charge in [-0.15, -0.1) is 0 Å². The first kappa shape index (κ1) is 14.4. The first-order valence-corrected chi connectivity index (χ1v) is 6.32. The highest BCUT2D eigenvalue weighted by Gasteiger charge is 2.09. The zero-order valence-electron chi connectivity index (χ0n) is 11.2. The second-order valence-corrected chi connectivity index (χ2v) is 4.30. The predicted octanol–water partition coefficient (Wildman–Crippen LogP) is 1.79. The van der Waals surface area contributed by atoms with E-state index in [1.54, 1.807) is 6.07 Å². The van der Waals surface area contributed by atoms with Gasteiger partial charge in [0.1, 0.15) is 0 Å². The number of carbonyl (C=O) groups is 2. The van der Waals surface area contributed by atoms with Gasteiger partial charge in [-0.25, -0.2) is 4.79 Å². The summed E-state index contributed by atoms with van der Waals surface area (Å²) in [6, 6.07) is 16.9. The lowest BCUT2D eigenvalue weighted by molar-refractivity contribution is -0.150. The van der Waals surface area contributed by atoms with Crippen molar-refractivity contribution in [1.29, 1.82) is 0 Å². The number of rotatable bonds is 2. The van der Waals surface area contributed by atoms with Crippen molar-refractivity contribution < 1.29 is 14.7 Å². The van der Waals surface area contributed by atoms with E-state index in [1.807, 2.05) is 48.5 Å². The van der Waals surface area contributed by atoms with Crippen molar-refractivity contribution in [2.24, 2.45) is 0 Å². The molecule has 0 aromatic heterocycles. The van der Waals surface area contributed by atoms with Gasteiger partial charge < -0.3 is 10.4 Å². The van der Waals surface area contributed by atoms with Crippen molar-refractivity contribution in [2.45, 2.75) is 6.54 Å². The molecule has 2 rings (SSSR count). The Morgan fingerprint density at radius 2 is 1.62 bits per heavy atom. The van der Waals surface area contributed by atoms with Crippen molar-refractivity contribution in [1.82, 2.24) is 5.32 Å². The smallest absolute Gasteiger partial charge is 0.394 e. The summed E-state index contributed by atoms with van der Waals surface area (Å²) in [6.45, 7) is 0.159.